The first-order valence-corrected chi connectivity index (χ1v) is 6.80. The number of nitrogens with one attached hydrogen (secondary N) is 1. The number of hydrogen-bond donors (Lipinski definition) is 1. The second kappa shape index (κ2) is 5.09. The van der Waals surface area contributed by atoms with Crippen LogP contribution in [0.5, 0.6) is 0 Å². The van der Waals surface area contributed by atoms with Crippen molar-refractivity contribution in [2.24, 2.45) is 0 Å². The second-order valence-corrected chi connectivity index (χ2v) is 4.98. The van der Waals surface area contributed by atoms with Gasteiger partial charge >= 0.3 is 5.76 Å². The van der Waals surface area contributed by atoms with Crippen molar-refractivity contribution in [3.05, 3.63) is 53.2 Å². The molecule has 8 nitrogen and oxygen atoms in total. The van der Waals surface area contributed by atoms with E-state index in [2.05, 4.69) is 34.6 Å². The van der Waals surface area contributed by atoms with Gasteiger partial charge in [-0.25, -0.2) is 24.7 Å². The molecule has 0 aliphatic carbocycles. The van der Waals surface area contributed by atoms with Gasteiger partial charge in [-0.2, -0.15) is 0 Å². The minimum atomic E-state index is -0.626. The third kappa shape index (κ3) is 2.35. The molecular formula is C15H10N6O2. The Balaban J connectivity index is 1.86. The Hall–Kier alpha value is -3.42. The summed E-state index contributed by atoms with van der Waals surface area (Å²) in [6.07, 6.45) is 4.71. The molecule has 0 atom stereocenters. The molecule has 0 saturated heterocycles. The average molecular weight is 306 g/mol. The molecule has 1 aromatic carbocycles. The van der Waals surface area contributed by atoms with E-state index in [0.29, 0.717) is 11.4 Å². The minimum absolute atomic E-state index is 0.262. The Morgan fingerprint density at radius 1 is 1.04 bits per heavy atom. The fourth-order valence-electron chi connectivity index (χ4n) is 2.39. The highest BCUT2D eigenvalue weighted by Crippen LogP contribution is 2.26. The summed E-state index contributed by atoms with van der Waals surface area (Å²) in [5.41, 5.74) is 3.95. The first kappa shape index (κ1) is 13.3. The van der Waals surface area contributed by atoms with Gasteiger partial charge in [-0.15, -0.1) is 0 Å². The van der Waals surface area contributed by atoms with Gasteiger partial charge in [0.05, 0.1) is 11.2 Å². The highest BCUT2D eigenvalue weighted by molar-refractivity contribution is 5.86. The van der Waals surface area contributed by atoms with E-state index in [4.69, 9.17) is 0 Å². The number of aromatic nitrogens is 6. The number of aryl methyl sites for hydroxylation is 1. The molecule has 3 heterocycles. The van der Waals surface area contributed by atoms with Gasteiger partial charge < -0.3 is 0 Å². The molecule has 0 aliphatic heterocycles. The van der Waals surface area contributed by atoms with Crippen LogP contribution in [-0.4, -0.2) is 30.1 Å². The molecule has 0 spiro atoms. The standard InChI is InChI=1S/C15H10N6O2/c1-8-2-9(3-12-10(8)5-16-6-17-12)11-4-13(19-7-18-11)14-20-15(22)23-21-14/h2-7H,1H3,(H,20,21,22). The fraction of sp³-hybridized carbons (Fsp3) is 0.0667. The lowest BCUT2D eigenvalue weighted by Crippen LogP contribution is -1.96. The Bertz CT molecular complexity index is 1070. The number of benzene rings is 1. The molecule has 3 aromatic heterocycles. The summed E-state index contributed by atoms with van der Waals surface area (Å²) < 4.78 is 4.50. The molecule has 112 valence electrons. The zero-order valence-electron chi connectivity index (χ0n) is 12.0. The number of aromatic amines is 1. The lowest BCUT2D eigenvalue weighted by atomic mass is 10.0. The van der Waals surface area contributed by atoms with E-state index < -0.39 is 5.76 Å². The van der Waals surface area contributed by atoms with E-state index in [-0.39, 0.29) is 5.82 Å². The van der Waals surface area contributed by atoms with Crippen LogP contribution in [0.2, 0.25) is 0 Å². The quantitative estimate of drug-likeness (QED) is 0.600. The Labute approximate surface area is 129 Å². The summed E-state index contributed by atoms with van der Waals surface area (Å²) in [4.78, 5) is 30.2. The van der Waals surface area contributed by atoms with Crippen molar-refractivity contribution < 1.29 is 4.52 Å². The smallest absolute Gasteiger partial charge is 0.296 e. The molecule has 4 aromatic rings. The van der Waals surface area contributed by atoms with Crippen molar-refractivity contribution in [3.63, 3.8) is 0 Å². The first-order valence-electron chi connectivity index (χ1n) is 6.80. The molecule has 8 heteroatoms. The van der Waals surface area contributed by atoms with Crippen molar-refractivity contribution >= 4 is 10.9 Å². The van der Waals surface area contributed by atoms with Crippen LogP contribution >= 0.6 is 0 Å². The van der Waals surface area contributed by atoms with Crippen molar-refractivity contribution in [1.29, 1.82) is 0 Å². The lowest BCUT2D eigenvalue weighted by molar-refractivity contribution is 0.387. The summed E-state index contributed by atoms with van der Waals surface area (Å²) in [5.74, 6) is -0.364. The summed E-state index contributed by atoms with van der Waals surface area (Å²) in [5, 5.41) is 4.63. The third-order valence-corrected chi connectivity index (χ3v) is 3.48. The monoisotopic (exact) mass is 306 g/mol. The van der Waals surface area contributed by atoms with Crippen LogP contribution in [0.4, 0.5) is 0 Å². The van der Waals surface area contributed by atoms with Gasteiger partial charge in [-0.05, 0) is 30.7 Å². The lowest BCUT2D eigenvalue weighted by Gasteiger charge is -2.06. The maximum atomic E-state index is 11.1. The van der Waals surface area contributed by atoms with Crippen LogP contribution in [0.25, 0.3) is 33.7 Å². The number of fused-ring (bicyclic) bond motifs is 1. The largest absolute Gasteiger partial charge is 0.439 e. The normalized spacial score (nSPS) is 11.0. The van der Waals surface area contributed by atoms with Crippen molar-refractivity contribution in [3.8, 4) is 22.8 Å². The first-order chi connectivity index (χ1) is 11.2. The van der Waals surface area contributed by atoms with E-state index in [9.17, 15) is 4.79 Å². The summed E-state index contributed by atoms with van der Waals surface area (Å²) in [6.45, 7) is 1.99. The zero-order valence-corrected chi connectivity index (χ0v) is 12.0. The van der Waals surface area contributed by atoms with Gasteiger partial charge in [0, 0.05) is 17.1 Å². The summed E-state index contributed by atoms with van der Waals surface area (Å²) >= 11 is 0. The van der Waals surface area contributed by atoms with Crippen LogP contribution in [0.1, 0.15) is 5.56 Å². The van der Waals surface area contributed by atoms with Gasteiger partial charge in [-0.1, -0.05) is 5.16 Å². The van der Waals surface area contributed by atoms with Crippen LogP contribution in [-0.2, 0) is 0 Å². The molecule has 0 aliphatic rings. The molecule has 0 unspecified atom stereocenters. The predicted octanol–water partition coefficient (Wildman–Crippen LogP) is 1.74. The number of hydrogen-bond acceptors (Lipinski definition) is 7. The minimum Gasteiger partial charge on any atom is -0.296 e. The molecule has 0 saturated carbocycles. The summed E-state index contributed by atoms with van der Waals surface area (Å²) in [6, 6.07) is 5.67. The summed E-state index contributed by atoms with van der Waals surface area (Å²) in [7, 11) is 0. The second-order valence-electron chi connectivity index (χ2n) is 4.98. The Kier molecular flexibility index (Phi) is 2.94. The molecule has 0 radical (unpaired) electrons. The predicted molar refractivity (Wildman–Crippen MR) is 81.4 cm³/mol. The Morgan fingerprint density at radius 3 is 2.74 bits per heavy atom. The molecular weight excluding hydrogens is 296 g/mol. The molecule has 0 fully saturated rings. The molecule has 23 heavy (non-hydrogen) atoms. The number of rotatable bonds is 2. The number of H-pyrrole nitrogens is 1. The highest BCUT2D eigenvalue weighted by atomic mass is 16.5. The number of nitrogens with zero attached hydrogens (tertiary/aromatic N) is 5. The van der Waals surface area contributed by atoms with Crippen LogP contribution in [0, 0.1) is 6.92 Å². The highest BCUT2D eigenvalue weighted by Gasteiger charge is 2.10. The fourth-order valence-corrected chi connectivity index (χ4v) is 2.39. The average Bonchev–Trinajstić information content (AvgIpc) is 3.01. The van der Waals surface area contributed by atoms with E-state index >= 15 is 0 Å². The van der Waals surface area contributed by atoms with Gasteiger partial charge in [0.25, 0.3) is 0 Å². The molecule has 0 bridgehead atoms. The van der Waals surface area contributed by atoms with Gasteiger partial charge in [0.15, 0.2) is 0 Å². The zero-order chi connectivity index (χ0) is 15.8. The maximum absolute atomic E-state index is 11.1. The maximum Gasteiger partial charge on any atom is 0.439 e. The van der Waals surface area contributed by atoms with Gasteiger partial charge in [0.2, 0.25) is 5.82 Å². The van der Waals surface area contributed by atoms with E-state index in [0.717, 1.165) is 22.0 Å². The van der Waals surface area contributed by atoms with E-state index in [1.54, 1.807) is 12.3 Å². The van der Waals surface area contributed by atoms with Crippen LogP contribution < -0.4 is 5.76 Å². The van der Waals surface area contributed by atoms with Crippen LogP contribution in [0.15, 0.2) is 46.4 Å². The van der Waals surface area contributed by atoms with Gasteiger partial charge in [-0.3, -0.25) is 9.51 Å². The molecule has 1 N–H and O–H groups in total. The van der Waals surface area contributed by atoms with Crippen molar-refractivity contribution in [2.75, 3.05) is 0 Å². The third-order valence-electron chi connectivity index (χ3n) is 3.48. The van der Waals surface area contributed by atoms with Crippen molar-refractivity contribution in [2.45, 2.75) is 6.92 Å². The topological polar surface area (TPSA) is 110 Å². The Morgan fingerprint density at radius 2 is 1.91 bits per heavy atom. The van der Waals surface area contributed by atoms with Crippen LogP contribution in [0.3, 0.4) is 0 Å². The molecule has 0 amide bonds. The van der Waals surface area contributed by atoms with Crippen molar-refractivity contribution in [1.82, 2.24) is 30.1 Å². The van der Waals surface area contributed by atoms with E-state index in [1.165, 1.54) is 12.7 Å². The SMILES string of the molecule is Cc1cc(-c2cc(-c3noc(=O)[nH]3)ncn2)cc2ncncc12. The van der Waals surface area contributed by atoms with E-state index in [1.807, 2.05) is 19.1 Å². The van der Waals surface area contributed by atoms with Gasteiger partial charge in [0.1, 0.15) is 18.3 Å². The molecule has 4 rings (SSSR count).